The average molecular weight is 756 g/mol. The number of hydrogen-bond acceptors (Lipinski definition) is 8. The molecular weight excluding hydrogens is 693 g/mol. The first-order valence-corrected chi connectivity index (χ1v) is 21.8. The van der Waals surface area contributed by atoms with Gasteiger partial charge in [-0.2, -0.15) is 0 Å². The SMILES string of the molecule is CCCN(CCC)C(=O)C1CC(C(=O)NC(CC2CC(F)CC(F)C2)C(O)CN(CC)NS(=O)(=O)C2CCCCC2)CC(S(=O)(=O)N(C)C)C1. The summed E-state index contributed by atoms with van der Waals surface area (Å²) < 4.78 is 83.1. The van der Waals surface area contributed by atoms with Crippen molar-refractivity contribution in [1.29, 1.82) is 0 Å². The van der Waals surface area contributed by atoms with Gasteiger partial charge in [0.25, 0.3) is 0 Å². The van der Waals surface area contributed by atoms with Crippen LogP contribution in [0, 0.1) is 17.8 Å². The van der Waals surface area contributed by atoms with Crippen molar-refractivity contribution in [3.8, 4) is 0 Å². The fourth-order valence-electron chi connectivity index (χ4n) is 8.02. The Bertz CT molecular complexity index is 1290. The van der Waals surface area contributed by atoms with Crippen molar-refractivity contribution in [3.63, 3.8) is 0 Å². The lowest BCUT2D eigenvalue weighted by Gasteiger charge is -2.38. The highest BCUT2D eigenvalue weighted by molar-refractivity contribution is 7.90. The van der Waals surface area contributed by atoms with Crippen LogP contribution in [0.25, 0.3) is 0 Å². The smallest absolute Gasteiger partial charge is 0.227 e. The van der Waals surface area contributed by atoms with Gasteiger partial charge < -0.3 is 15.3 Å². The molecule has 0 aliphatic heterocycles. The van der Waals surface area contributed by atoms with E-state index in [1.807, 2.05) is 13.8 Å². The topological polar surface area (TPSA) is 156 Å². The predicted octanol–water partition coefficient (Wildman–Crippen LogP) is 3.51. The third-order valence-electron chi connectivity index (χ3n) is 10.7. The first-order valence-electron chi connectivity index (χ1n) is 18.7. The van der Waals surface area contributed by atoms with Crippen molar-refractivity contribution in [2.45, 2.75) is 146 Å². The van der Waals surface area contributed by atoms with Crippen LogP contribution in [0.4, 0.5) is 8.78 Å². The van der Waals surface area contributed by atoms with Crippen molar-refractivity contribution < 1.29 is 40.3 Å². The second kappa shape index (κ2) is 19.6. The molecule has 3 N–H and O–H groups in total. The van der Waals surface area contributed by atoms with Crippen molar-refractivity contribution >= 4 is 31.9 Å². The van der Waals surface area contributed by atoms with Crippen LogP contribution in [-0.4, -0.2) is 123 Å². The second-order valence-corrected chi connectivity index (χ2v) is 19.4. The molecule has 3 fully saturated rings. The van der Waals surface area contributed by atoms with E-state index in [1.165, 1.54) is 19.1 Å². The number of aliphatic hydroxyl groups excluding tert-OH is 1. The Hall–Kier alpha value is -1.46. The Kier molecular flexibility index (Phi) is 16.8. The zero-order chi connectivity index (χ0) is 37.2. The van der Waals surface area contributed by atoms with Crippen LogP contribution in [0.5, 0.6) is 0 Å². The van der Waals surface area contributed by atoms with Gasteiger partial charge >= 0.3 is 0 Å². The minimum Gasteiger partial charge on any atom is -0.390 e. The highest BCUT2D eigenvalue weighted by atomic mass is 32.2. The maximum Gasteiger partial charge on any atom is 0.227 e. The number of nitrogens with one attached hydrogen (secondary N) is 2. The van der Waals surface area contributed by atoms with Gasteiger partial charge in [0.15, 0.2) is 0 Å². The lowest BCUT2D eigenvalue weighted by molar-refractivity contribution is -0.138. The summed E-state index contributed by atoms with van der Waals surface area (Å²) in [7, 11) is -4.71. The van der Waals surface area contributed by atoms with E-state index < -0.39 is 78.7 Å². The molecule has 0 heterocycles. The molecule has 0 spiro atoms. The maximum absolute atomic E-state index is 14.5. The van der Waals surface area contributed by atoms with Gasteiger partial charge in [-0.3, -0.25) is 9.59 Å². The highest BCUT2D eigenvalue weighted by Crippen LogP contribution is 2.37. The number of nitrogens with zero attached hydrogens (tertiary/aromatic N) is 3. The molecule has 0 aromatic rings. The van der Waals surface area contributed by atoms with Crippen LogP contribution in [0.15, 0.2) is 0 Å². The van der Waals surface area contributed by atoms with E-state index in [-0.39, 0.29) is 63.9 Å². The Morgan fingerprint density at radius 3 is 1.94 bits per heavy atom. The first kappa shape index (κ1) is 42.9. The van der Waals surface area contributed by atoms with E-state index in [0.29, 0.717) is 25.9 Å². The number of rotatable bonds is 18. The predicted molar refractivity (Wildman–Crippen MR) is 190 cm³/mol. The lowest BCUT2D eigenvalue weighted by atomic mass is 9.79. The summed E-state index contributed by atoms with van der Waals surface area (Å²) in [6.07, 6.45) is 1.33. The van der Waals surface area contributed by atoms with Crippen molar-refractivity contribution in [2.24, 2.45) is 17.8 Å². The molecule has 0 saturated heterocycles. The normalized spacial score (nSPS) is 28.4. The van der Waals surface area contributed by atoms with Crippen molar-refractivity contribution in [2.75, 3.05) is 40.3 Å². The Balaban J connectivity index is 1.86. The summed E-state index contributed by atoms with van der Waals surface area (Å²) in [6, 6.07) is -1.00. The van der Waals surface area contributed by atoms with Crippen LogP contribution in [0.3, 0.4) is 0 Å². The Labute approximate surface area is 299 Å². The maximum atomic E-state index is 14.5. The van der Waals surface area contributed by atoms with Gasteiger partial charge in [0, 0.05) is 58.5 Å². The molecule has 3 aliphatic carbocycles. The minimum absolute atomic E-state index is 0.0225. The van der Waals surface area contributed by atoms with Crippen LogP contribution in [-0.2, 0) is 29.6 Å². The molecule has 292 valence electrons. The number of carbonyl (C=O) groups excluding carboxylic acids is 2. The summed E-state index contributed by atoms with van der Waals surface area (Å²) in [4.78, 5) is 32.2. The van der Waals surface area contributed by atoms with Crippen molar-refractivity contribution in [3.05, 3.63) is 0 Å². The molecule has 12 nitrogen and oxygen atoms in total. The number of aliphatic hydroxyl groups is 1. The minimum atomic E-state index is -3.83. The summed E-state index contributed by atoms with van der Waals surface area (Å²) in [5, 5.41) is 14.3. The molecule has 2 amide bonds. The van der Waals surface area contributed by atoms with Crippen LogP contribution in [0.1, 0.15) is 111 Å². The third kappa shape index (κ3) is 12.0. The highest BCUT2D eigenvalue weighted by Gasteiger charge is 2.44. The number of halogens is 2. The van der Waals surface area contributed by atoms with Gasteiger partial charge in [0.2, 0.25) is 31.9 Å². The summed E-state index contributed by atoms with van der Waals surface area (Å²) in [6.45, 7) is 6.72. The molecule has 50 heavy (non-hydrogen) atoms. The number of amides is 2. The molecule has 0 radical (unpaired) electrons. The Morgan fingerprint density at radius 1 is 0.820 bits per heavy atom. The quantitative estimate of drug-likeness (QED) is 0.180. The number of carbonyl (C=O) groups is 2. The van der Waals surface area contributed by atoms with E-state index in [9.17, 15) is 40.3 Å². The molecule has 3 saturated carbocycles. The van der Waals surface area contributed by atoms with Gasteiger partial charge in [0.1, 0.15) is 12.3 Å². The van der Waals surface area contributed by atoms with Crippen LogP contribution in [0.2, 0.25) is 0 Å². The zero-order valence-electron chi connectivity index (χ0n) is 30.7. The summed E-state index contributed by atoms with van der Waals surface area (Å²) in [5.74, 6) is -2.79. The number of hydrazine groups is 1. The zero-order valence-corrected chi connectivity index (χ0v) is 32.4. The first-order chi connectivity index (χ1) is 23.5. The fourth-order valence-corrected chi connectivity index (χ4v) is 11.2. The van der Waals surface area contributed by atoms with E-state index in [0.717, 1.165) is 36.4 Å². The number of likely N-dealkylation sites (N-methyl/N-ethyl adjacent to an activating group) is 1. The van der Waals surface area contributed by atoms with E-state index in [4.69, 9.17) is 0 Å². The average Bonchev–Trinajstić information content (AvgIpc) is 3.06. The van der Waals surface area contributed by atoms with Crippen LogP contribution >= 0.6 is 0 Å². The Morgan fingerprint density at radius 2 is 1.40 bits per heavy atom. The van der Waals surface area contributed by atoms with E-state index in [2.05, 4.69) is 10.1 Å². The number of sulfonamides is 2. The van der Waals surface area contributed by atoms with E-state index >= 15 is 0 Å². The van der Waals surface area contributed by atoms with Gasteiger partial charge in [-0.05, 0) is 70.1 Å². The summed E-state index contributed by atoms with van der Waals surface area (Å²) in [5.41, 5.74) is 0. The monoisotopic (exact) mass is 755 g/mol. The van der Waals surface area contributed by atoms with Gasteiger partial charge in [-0.1, -0.05) is 40.0 Å². The third-order valence-corrected chi connectivity index (χ3v) is 14.8. The largest absolute Gasteiger partial charge is 0.390 e. The standard InChI is InChI=1S/C34H63F2N5O7S2/c1-6-14-40(15-7-2)34(44)26-19-25(20-30(21-26)50(47,48)39(4)5)33(43)37-31(18-24-16-27(35)22-28(36)17-24)32(42)23-41(8-3)38-49(45,46)29-12-10-9-11-13-29/h24-32,38,42H,6-23H2,1-5H3,(H,37,43). The van der Waals surface area contributed by atoms with Gasteiger partial charge in [0.05, 0.1) is 22.6 Å². The second-order valence-electron chi connectivity index (χ2n) is 15.0. The molecule has 3 aliphatic rings. The molecular formula is C34H63F2N5O7S2. The number of alkyl halides is 2. The van der Waals surface area contributed by atoms with Crippen molar-refractivity contribution in [1.82, 2.24) is 24.4 Å². The van der Waals surface area contributed by atoms with Gasteiger partial charge in [-0.15, -0.1) is 4.83 Å². The lowest BCUT2D eigenvalue weighted by Crippen LogP contribution is -2.55. The molecule has 7 unspecified atom stereocenters. The molecule has 3 rings (SSSR count). The molecule has 16 heteroatoms. The molecule has 7 atom stereocenters. The van der Waals surface area contributed by atoms with E-state index in [1.54, 1.807) is 11.8 Å². The number of hydrogen-bond donors (Lipinski definition) is 3. The fraction of sp³-hybridized carbons (Fsp3) is 0.941. The van der Waals surface area contributed by atoms with Crippen LogP contribution < -0.4 is 10.1 Å². The molecule has 0 bridgehead atoms. The summed E-state index contributed by atoms with van der Waals surface area (Å²) >= 11 is 0. The molecule has 0 aromatic carbocycles. The van der Waals surface area contributed by atoms with Gasteiger partial charge in [-0.25, -0.2) is 34.9 Å². The molecule has 0 aromatic heterocycles.